The number of rotatable bonds is 3. The van der Waals surface area contributed by atoms with E-state index >= 15 is 0 Å². The number of carbonyl (C=O) groups is 1. The van der Waals surface area contributed by atoms with Gasteiger partial charge in [0.05, 0.1) is 10.6 Å². The summed E-state index contributed by atoms with van der Waals surface area (Å²) in [7, 11) is 0. The summed E-state index contributed by atoms with van der Waals surface area (Å²) in [6.45, 7) is 1.91. The Morgan fingerprint density at radius 3 is 2.39 bits per heavy atom. The maximum absolute atomic E-state index is 12.3. The number of amides is 1. The third-order valence-electron chi connectivity index (χ3n) is 4.43. The number of halogens is 1. The standard InChI is InChI=1S/C23H17ClN2OS/c1-15-19(24)8-5-9-20(15)25-23-26-22(27)21(28-23)14-16-10-12-18(13-11-16)17-6-3-2-4-7-17/h2-14H,1H3,(H,25,26,27)/b21-14+. The van der Waals surface area contributed by atoms with Gasteiger partial charge in [0.2, 0.25) is 0 Å². The van der Waals surface area contributed by atoms with Crippen molar-refractivity contribution < 1.29 is 4.79 Å². The van der Waals surface area contributed by atoms with E-state index < -0.39 is 0 Å². The van der Waals surface area contributed by atoms with Gasteiger partial charge in [-0.05, 0) is 59.1 Å². The molecular formula is C23H17ClN2OS. The number of nitrogens with zero attached hydrogens (tertiary/aromatic N) is 1. The highest BCUT2D eigenvalue weighted by Crippen LogP contribution is 2.31. The molecule has 0 aliphatic carbocycles. The van der Waals surface area contributed by atoms with Gasteiger partial charge in [-0.1, -0.05) is 72.3 Å². The van der Waals surface area contributed by atoms with Crippen LogP contribution < -0.4 is 5.32 Å². The summed E-state index contributed by atoms with van der Waals surface area (Å²) in [6.07, 6.45) is 1.88. The van der Waals surface area contributed by atoms with Gasteiger partial charge in [0.25, 0.3) is 5.91 Å². The number of carbonyl (C=O) groups excluding carboxylic acids is 1. The number of hydrogen-bond donors (Lipinski definition) is 1. The van der Waals surface area contributed by atoms with Crippen LogP contribution in [0, 0.1) is 6.92 Å². The normalized spacial score (nSPS) is 16.6. The van der Waals surface area contributed by atoms with Crippen molar-refractivity contribution in [3.05, 3.63) is 93.9 Å². The minimum atomic E-state index is -0.143. The van der Waals surface area contributed by atoms with Crippen molar-refractivity contribution in [3.8, 4) is 11.1 Å². The van der Waals surface area contributed by atoms with E-state index in [-0.39, 0.29) is 5.91 Å². The Labute approximate surface area is 173 Å². The molecule has 138 valence electrons. The van der Waals surface area contributed by atoms with E-state index in [1.807, 2.05) is 61.5 Å². The van der Waals surface area contributed by atoms with Gasteiger partial charge < -0.3 is 5.32 Å². The lowest BCUT2D eigenvalue weighted by atomic mass is 10.0. The molecule has 1 amide bonds. The highest BCUT2D eigenvalue weighted by molar-refractivity contribution is 8.18. The fourth-order valence-corrected chi connectivity index (χ4v) is 3.87. The predicted molar refractivity (Wildman–Crippen MR) is 119 cm³/mol. The monoisotopic (exact) mass is 404 g/mol. The van der Waals surface area contributed by atoms with E-state index in [1.54, 1.807) is 0 Å². The minimum absolute atomic E-state index is 0.143. The van der Waals surface area contributed by atoms with Crippen molar-refractivity contribution >= 4 is 46.2 Å². The number of amidine groups is 1. The van der Waals surface area contributed by atoms with Gasteiger partial charge in [0, 0.05) is 5.02 Å². The van der Waals surface area contributed by atoms with Crippen LogP contribution in [0.2, 0.25) is 5.02 Å². The van der Waals surface area contributed by atoms with Gasteiger partial charge in [-0.2, -0.15) is 0 Å². The average molecular weight is 405 g/mol. The first-order chi connectivity index (χ1) is 13.6. The highest BCUT2D eigenvalue weighted by atomic mass is 35.5. The Morgan fingerprint density at radius 2 is 1.64 bits per heavy atom. The molecule has 3 nitrogen and oxygen atoms in total. The first-order valence-electron chi connectivity index (χ1n) is 8.80. The summed E-state index contributed by atoms with van der Waals surface area (Å²) in [6, 6.07) is 23.9. The molecule has 0 unspecified atom stereocenters. The van der Waals surface area contributed by atoms with E-state index in [9.17, 15) is 4.79 Å². The largest absolute Gasteiger partial charge is 0.300 e. The molecule has 0 saturated carbocycles. The molecule has 3 aromatic carbocycles. The molecule has 0 aromatic heterocycles. The van der Waals surface area contributed by atoms with Crippen molar-refractivity contribution in [1.29, 1.82) is 0 Å². The second-order valence-corrected chi connectivity index (χ2v) is 7.79. The first-order valence-corrected chi connectivity index (χ1v) is 10.00. The van der Waals surface area contributed by atoms with Gasteiger partial charge in [0.1, 0.15) is 0 Å². The number of hydrogen-bond acceptors (Lipinski definition) is 3. The van der Waals surface area contributed by atoms with Crippen molar-refractivity contribution in [2.75, 3.05) is 0 Å². The summed E-state index contributed by atoms with van der Waals surface area (Å²) < 4.78 is 0. The second kappa shape index (κ2) is 8.05. The topological polar surface area (TPSA) is 41.5 Å². The molecule has 0 spiro atoms. The third-order valence-corrected chi connectivity index (χ3v) is 5.75. The lowest BCUT2D eigenvalue weighted by molar-refractivity contribution is -0.115. The second-order valence-electron chi connectivity index (χ2n) is 6.35. The third kappa shape index (κ3) is 4.03. The summed E-state index contributed by atoms with van der Waals surface area (Å²) in [5, 5.41) is 4.03. The lowest BCUT2D eigenvalue weighted by Gasteiger charge is -2.02. The zero-order valence-corrected chi connectivity index (χ0v) is 16.7. The van der Waals surface area contributed by atoms with Gasteiger partial charge in [-0.3, -0.25) is 4.79 Å². The lowest BCUT2D eigenvalue weighted by Crippen LogP contribution is -2.19. The Hall–Kier alpha value is -2.82. The number of benzene rings is 3. The Bertz CT molecular complexity index is 1090. The SMILES string of the molecule is Cc1c(Cl)cccc1N=C1NC(=O)/C(=C\c2ccc(-c3ccccc3)cc2)S1. The zero-order valence-electron chi connectivity index (χ0n) is 15.1. The number of aliphatic imine (C=N–C) groups is 1. The van der Waals surface area contributed by atoms with Crippen LogP contribution in [0.4, 0.5) is 5.69 Å². The maximum atomic E-state index is 12.3. The summed E-state index contributed by atoms with van der Waals surface area (Å²) in [4.78, 5) is 17.5. The molecule has 1 fully saturated rings. The molecule has 1 aliphatic heterocycles. The average Bonchev–Trinajstić information content (AvgIpc) is 3.05. The van der Waals surface area contributed by atoms with Crippen LogP contribution in [0.5, 0.6) is 0 Å². The molecule has 1 heterocycles. The molecule has 1 saturated heterocycles. The van der Waals surface area contributed by atoms with Crippen LogP contribution in [-0.4, -0.2) is 11.1 Å². The maximum Gasteiger partial charge on any atom is 0.264 e. The van der Waals surface area contributed by atoms with E-state index in [0.717, 1.165) is 22.4 Å². The van der Waals surface area contributed by atoms with Crippen molar-refractivity contribution in [2.45, 2.75) is 6.92 Å². The Morgan fingerprint density at radius 1 is 0.929 bits per heavy atom. The van der Waals surface area contributed by atoms with Gasteiger partial charge in [-0.25, -0.2) is 4.99 Å². The molecule has 5 heteroatoms. The Kier molecular flexibility index (Phi) is 5.33. The van der Waals surface area contributed by atoms with E-state index in [4.69, 9.17) is 11.6 Å². The molecule has 1 aliphatic rings. The van der Waals surface area contributed by atoms with Crippen LogP contribution in [0.25, 0.3) is 17.2 Å². The zero-order chi connectivity index (χ0) is 19.5. The molecule has 1 N–H and O–H groups in total. The molecule has 28 heavy (non-hydrogen) atoms. The van der Waals surface area contributed by atoms with E-state index in [1.165, 1.54) is 17.3 Å². The fraction of sp³-hybridized carbons (Fsp3) is 0.0435. The number of nitrogens with one attached hydrogen (secondary N) is 1. The van der Waals surface area contributed by atoms with Crippen molar-refractivity contribution in [1.82, 2.24) is 5.32 Å². The Balaban J connectivity index is 1.55. The number of thioether (sulfide) groups is 1. The van der Waals surface area contributed by atoms with Crippen LogP contribution in [0.3, 0.4) is 0 Å². The molecule has 0 radical (unpaired) electrons. The molecule has 0 bridgehead atoms. The highest BCUT2D eigenvalue weighted by Gasteiger charge is 2.24. The molecule has 0 atom stereocenters. The smallest absolute Gasteiger partial charge is 0.264 e. The van der Waals surface area contributed by atoms with Crippen LogP contribution >= 0.6 is 23.4 Å². The van der Waals surface area contributed by atoms with E-state index in [2.05, 4.69) is 34.6 Å². The van der Waals surface area contributed by atoms with Crippen LogP contribution in [0.1, 0.15) is 11.1 Å². The van der Waals surface area contributed by atoms with Gasteiger partial charge in [0.15, 0.2) is 5.17 Å². The summed E-state index contributed by atoms with van der Waals surface area (Å²) in [5.74, 6) is -0.143. The minimum Gasteiger partial charge on any atom is -0.300 e. The predicted octanol–water partition coefficient (Wildman–Crippen LogP) is 6.21. The van der Waals surface area contributed by atoms with Crippen LogP contribution in [0.15, 0.2) is 82.7 Å². The fourth-order valence-electron chi connectivity index (χ4n) is 2.86. The van der Waals surface area contributed by atoms with E-state index in [0.29, 0.717) is 15.1 Å². The molecule has 3 aromatic rings. The molecule has 4 rings (SSSR count). The summed E-state index contributed by atoms with van der Waals surface area (Å²) in [5.41, 5.74) is 4.92. The van der Waals surface area contributed by atoms with Crippen molar-refractivity contribution in [2.24, 2.45) is 4.99 Å². The van der Waals surface area contributed by atoms with Crippen molar-refractivity contribution in [3.63, 3.8) is 0 Å². The molecular weight excluding hydrogens is 388 g/mol. The summed E-state index contributed by atoms with van der Waals surface area (Å²) >= 11 is 7.48. The first kappa shape index (κ1) is 18.5. The van der Waals surface area contributed by atoms with Gasteiger partial charge in [-0.15, -0.1) is 0 Å². The van der Waals surface area contributed by atoms with Gasteiger partial charge >= 0.3 is 0 Å². The van der Waals surface area contributed by atoms with Crippen LogP contribution in [-0.2, 0) is 4.79 Å². The quantitative estimate of drug-likeness (QED) is 0.527.